The monoisotopic (exact) mass is 274 g/mol. The Labute approximate surface area is 112 Å². The minimum atomic E-state index is -1.25. The highest BCUT2D eigenvalue weighted by atomic mass is 19.1. The molecule has 0 radical (unpaired) electrons. The van der Waals surface area contributed by atoms with Crippen LogP contribution in [0.3, 0.4) is 0 Å². The van der Waals surface area contributed by atoms with E-state index in [1.807, 2.05) is 6.92 Å². The van der Waals surface area contributed by atoms with Gasteiger partial charge in [-0.1, -0.05) is 27.7 Å². The van der Waals surface area contributed by atoms with Gasteiger partial charge in [0.1, 0.15) is 17.5 Å². The van der Waals surface area contributed by atoms with Gasteiger partial charge in [0.05, 0.1) is 11.7 Å². The lowest BCUT2D eigenvalue weighted by molar-refractivity contribution is 0.126. The van der Waals surface area contributed by atoms with Crippen LogP contribution >= 0.6 is 0 Å². The summed E-state index contributed by atoms with van der Waals surface area (Å²) in [6, 6.07) is 1.19. The Hall–Kier alpha value is -1.03. The summed E-state index contributed by atoms with van der Waals surface area (Å²) in [5.74, 6) is -2.94. The van der Waals surface area contributed by atoms with Crippen LogP contribution in [0.25, 0.3) is 0 Å². The van der Waals surface area contributed by atoms with Crippen LogP contribution < -0.4 is 0 Å². The zero-order valence-electron chi connectivity index (χ0n) is 11.8. The fourth-order valence-corrected chi connectivity index (χ4v) is 2.50. The number of rotatable bonds is 4. The number of hydrogen-bond acceptors (Lipinski definition) is 1. The Balaban J connectivity index is 2.81. The van der Waals surface area contributed by atoms with E-state index in [4.69, 9.17) is 0 Å². The molecule has 108 valence electrons. The molecule has 0 aliphatic heterocycles. The van der Waals surface area contributed by atoms with Gasteiger partial charge < -0.3 is 5.11 Å². The van der Waals surface area contributed by atoms with E-state index in [1.165, 1.54) is 0 Å². The van der Waals surface area contributed by atoms with Crippen molar-refractivity contribution in [1.82, 2.24) is 0 Å². The Kier molecular flexibility index (Phi) is 5.02. The molecule has 1 aromatic carbocycles. The lowest BCUT2D eigenvalue weighted by Gasteiger charge is -2.25. The van der Waals surface area contributed by atoms with E-state index in [0.29, 0.717) is 12.1 Å². The molecule has 0 saturated heterocycles. The standard InChI is InChI=1S/C15H21F3O/c1-9(8-15(2,3)4)5-13(19)14-11(17)6-10(16)7-12(14)18/h6-7,9,13,19H,5,8H2,1-4H3. The maximum absolute atomic E-state index is 13.5. The van der Waals surface area contributed by atoms with Gasteiger partial charge in [0.15, 0.2) is 0 Å². The van der Waals surface area contributed by atoms with Crippen molar-refractivity contribution < 1.29 is 18.3 Å². The maximum Gasteiger partial charge on any atom is 0.134 e. The molecule has 2 unspecified atom stereocenters. The van der Waals surface area contributed by atoms with E-state index < -0.39 is 29.1 Å². The average molecular weight is 274 g/mol. The summed E-state index contributed by atoms with van der Waals surface area (Å²) in [6.45, 7) is 8.12. The molecule has 0 aromatic heterocycles. The lowest BCUT2D eigenvalue weighted by atomic mass is 9.82. The number of aliphatic hydroxyl groups excluding tert-OH is 1. The topological polar surface area (TPSA) is 20.2 Å². The molecule has 0 bridgehead atoms. The molecule has 0 heterocycles. The van der Waals surface area contributed by atoms with Crippen molar-refractivity contribution >= 4 is 0 Å². The zero-order chi connectivity index (χ0) is 14.8. The van der Waals surface area contributed by atoms with Gasteiger partial charge in [-0.25, -0.2) is 13.2 Å². The molecule has 1 aromatic rings. The van der Waals surface area contributed by atoms with Crippen molar-refractivity contribution in [1.29, 1.82) is 0 Å². The fourth-order valence-electron chi connectivity index (χ4n) is 2.50. The van der Waals surface area contributed by atoms with Gasteiger partial charge in [-0.05, 0) is 24.2 Å². The molecule has 1 rings (SSSR count). The summed E-state index contributed by atoms with van der Waals surface area (Å²) in [6.07, 6.45) is -0.177. The van der Waals surface area contributed by atoms with Gasteiger partial charge in [-0.2, -0.15) is 0 Å². The Bertz CT molecular complexity index is 415. The van der Waals surface area contributed by atoms with Gasteiger partial charge in [-0.15, -0.1) is 0 Å². The first-order valence-corrected chi connectivity index (χ1v) is 6.42. The van der Waals surface area contributed by atoms with Gasteiger partial charge in [0.25, 0.3) is 0 Å². The van der Waals surface area contributed by atoms with Crippen LogP contribution in [0.15, 0.2) is 12.1 Å². The van der Waals surface area contributed by atoms with Gasteiger partial charge in [0.2, 0.25) is 0 Å². The highest BCUT2D eigenvalue weighted by molar-refractivity contribution is 5.23. The first kappa shape index (κ1) is 16.0. The zero-order valence-corrected chi connectivity index (χ0v) is 11.8. The maximum atomic E-state index is 13.5. The summed E-state index contributed by atoms with van der Waals surface area (Å²) in [5.41, 5.74) is -0.360. The first-order valence-electron chi connectivity index (χ1n) is 6.42. The first-order chi connectivity index (χ1) is 8.60. The van der Waals surface area contributed by atoms with Gasteiger partial charge in [0, 0.05) is 12.1 Å². The second kappa shape index (κ2) is 5.95. The molecule has 2 atom stereocenters. The number of hydrogen-bond donors (Lipinski definition) is 1. The molecule has 19 heavy (non-hydrogen) atoms. The quantitative estimate of drug-likeness (QED) is 0.850. The second-order valence-corrected chi connectivity index (χ2v) is 6.40. The van der Waals surface area contributed by atoms with Crippen LogP contribution in [0, 0.1) is 28.8 Å². The molecule has 0 saturated carbocycles. The van der Waals surface area contributed by atoms with E-state index in [2.05, 4.69) is 20.8 Å². The van der Waals surface area contributed by atoms with Gasteiger partial charge >= 0.3 is 0 Å². The Morgan fingerprint density at radius 2 is 1.58 bits per heavy atom. The predicted octanol–water partition coefficient (Wildman–Crippen LogP) is 4.60. The van der Waals surface area contributed by atoms with Crippen molar-refractivity contribution in [3.63, 3.8) is 0 Å². The second-order valence-electron chi connectivity index (χ2n) is 6.40. The van der Waals surface area contributed by atoms with Crippen LogP contribution in [-0.4, -0.2) is 5.11 Å². The van der Waals surface area contributed by atoms with Crippen LogP contribution in [0.2, 0.25) is 0 Å². The third-order valence-electron chi connectivity index (χ3n) is 2.96. The molecule has 0 aliphatic rings. The number of halogens is 3. The molecule has 1 N–H and O–H groups in total. The predicted molar refractivity (Wildman–Crippen MR) is 69.1 cm³/mol. The highest BCUT2D eigenvalue weighted by Crippen LogP contribution is 2.32. The fraction of sp³-hybridized carbons (Fsp3) is 0.600. The lowest BCUT2D eigenvalue weighted by Crippen LogP contribution is -2.15. The smallest absolute Gasteiger partial charge is 0.134 e. The Morgan fingerprint density at radius 3 is 2.00 bits per heavy atom. The van der Waals surface area contributed by atoms with Crippen LogP contribution in [0.1, 0.15) is 52.2 Å². The summed E-state index contributed by atoms with van der Waals surface area (Å²) in [7, 11) is 0. The summed E-state index contributed by atoms with van der Waals surface area (Å²) in [4.78, 5) is 0. The third kappa shape index (κ3) is 4.86. The van der Waals surface area contributed by atoms with Crippen molar-refractivity contribution in [2.45, 2.75) is 46.6 Å². The minimum absolute atomic E-state index is 0.0824. The van der Waals surface area contributed by atoms with E-state index in [1.54, 1.807) is 0 Å². The number of aliphatic hydroxyl groups is 1. The minimum Gasteiger partial charge on any atom is -0.388 e. The summed E-state index contributed by atoms with van der Waals surface area (Å²) >= 11 is 0. The molecule has 0 spiro atoms. The highest BCUT2D eigenvalue weighted by Gasteiger charge is 2.23. The molecule has 0 aliphatic carbocycles. The summed E-state index contributed by atoms with van der Waals surface area (Å²) in [5, 5.41) is 9.94. The molecule has 1 nitrogen and oxygen atoms in total. The van der Waals surface area contributed by atoms with E-state index in [0.717, 1.165) is 6.42 Å². The van der Waals surface area contributed by atoms with Crippen molar-refractivity contribution in [3.05, 3.63) is 35.1 Å². The molecule has 0 fully saturated rings. The van der Waals surface area contributed by atoms with Crippen molar-refractivity contribution in [2.24, 2.45) is 11.3 Å². The van der Waals surface area contributed by atoms with Crippen LogP contribution in [0.4, 0.5) is 13.2 Å². The van der Waals surface area contributed by atoms with Crippen molar-refractivity contribution in [3.8, 4) is 0 Å². The van der Waals surface area contributed by atoms with E-state index in [-0.39, 0.29) is 17.8 Å². The molecular weight excluding hydrogens is 253 g/mol. The Morgan fingerprint density at radius 1 is 1.11 bits per heavy atom. The largest absolute Gasteiger partial charge is 0.388 e. The van der Waals surface area contributed by atoms with E-state index >= 15 is 0 Å². The average Bonchev–Trinajstić information content (AvgIpc) is 2.10. The molecular formula is C15H21F3O. The van der Waals surface area contributed by atoms with Gasteiger partial charge in [-0.3, -0.25) is 0 Å². The molecule has 4 heteroatoms. The van der Waals surface area contributed by atoms with Crippen LogP contribution in [0.5, 0.6) is 0 Å². The molecule has 0 amide bonds. The normalized spacial score (nSPS) is 15.4. The third-order valence-corrected chi connectivity index (χ3v) is 2.96. The number of benzene rings is 1. The van der Waals surface area contributed by atoms with Crippen molar-refractivity contribution in [2.75, 3.05) is 0 Å². The SMILES string of the molecule is CC(CC(O)c1c(F)cc(F)cc1F)CC(C)(C)C. The van der Waals surface area contributed by atoms with E-state index in [9.17, 15) is 18.3 Å². The van der Waals surface area contributed by atoms with Crippen LogP contribution in [-0.2, 0) is 0 Å². The summed E-state index contributed by atoms with van der Waals surface area (Å²) < 4.78 is 39.8.